The van der Waals surface area contributed by atoms with E-state index >= 15 is 0 Å². The molecule has 0 aliphatic carbocycles. The number of rotatable bonds is 6. The molecule has 4 heteroatoms. The van der Waals surface area contributed by atoms with E-state index in [2.05, 4.69) is 12.2 Å². The lowest BCUT2D eigenvalue weighted by atomic mass is 10.2. The van der Waals surface area contributed by atoms with E-state index in [1.807, 2.05) is 13.0 Å². The number of nitrogens with one attached hydrogen (secondary N) is 1. The molecular formula is C13H18ClNO2. The normalized spacial score (nSPS) is 10.1. The first-order valence-corrected chi connectivity index (χ1v) is 6.17. The molecule has 1 aromatic rings. The Labute approximate surface area is 107 Å². The van der Waals surface area contributed by atoms with Crippen LogP contribution in [-0.4, -0.2) is 19.1 Å². The van der Waals surface area contributed by atoms with Crippen molar-refractivity contribution in [2.75, 3.05) is 13.2 Å². The molecule has 1 aromatic carbocycles. The van der Waals surface area contributed by atoms with Gasteiger partial charge in [0.25, 0.3) is 5.91 Å². The summed E-state index contributed by atoms with van der Waals surface area (Å²) in [6, 6.07) is 5.34. The summed E-state index contributed by atoms with van der Waals surface area (Å²) in [6.07, 6.45) is 2.06. The van der Waals surface area contributed by atoms with Crippen molar-refractivity contribution in [1.29, 1.82) is 0 Å². The Bertz CT molecular complexity index is 380. The molecular weight excluding hydrogens is 238 g/mol. The zero-order valence-corrected chi connectivity index (χ0v) is 11.0. The summed E-state index contributed by atoms with van der Waals surface area (Å²) in [7, 11) is 0. The van der Waals surface area contributed by atoms with Crippen LogP contribution in [0.1, 0.15) is 25.3 Å². The van der Waals surface area contributed by atoms with Gasteiger partial charge in [-0.15, -0.1) is 0 Å². The molecule has 17 heavy (non-hydrogen) atoms. The van der Waals surface area contributed by atoms with Crippen molar-refractivity contribution in [2.24, 2.45) is 0 Å². The molecule has 0 fully saturated rings. The van der Waals surface area contributed by atoms with Crippen LogP contribution in [0, 0.1) is 6.92 Å². The Morgan fingerprint density at radius 2 is 2.24 bits per heavy atom. The molecule has 0 radical (unpaired) electrons. The molecule has 0 aliphatic heterocycles. The monoisotopic (exact) mass is 255 g/mol. The average Bonchev–Trinajstić information content (AvgIpc) is 2.31. The van der Waals surface area contributed by atoms with Gasteiger partial charge in [-0.2, -0.15) is 0 Å². The molecule has 0 unspecified atom stereocenters. The maximum Gasteiger partial charge on any atom is 0.257 e. The smallest absolute Gasteiger partial charge is 0.257 e. The van der Waals surface area contributed by atoms with Crippen molar-refractivity contribution in [3.05, 3.63) is 28.8 Å². The van der Waals surface area contributed by atoms with E-state index in [1.54, 1.807) is 12.1 Å². The standard InChI is InChI=1S/C13H18ClNO2/c1-3-4-7-15-13(16)9-17-11-5-6-12(14)10(2)8-11/h5-6,8H,3-4,7,9H2,1-2H3,(H,15,16). The first-order chi connectivity index (χ1) is 8.13. The number of aryl methyl sites for hydroxylation is 1. The van der Waals surface area contributed by atoms with Crippen LogP contribution < -0.4 is 10.1 Å². The molecule has 0 heterocycles. The number of unbranched alkanes of at least 4 members (excludes halogenated alkanes) is 1. The number of halogens is 1. The lowest BCUT2D eigenvalue weighted by Gasteiger charge is -2.08. The predicted molar refractivity (Wildman–Crippen MR) is 69.6 cm³/mol. The summed E-state index contributed by atoms with van der Waals surface area (Å²) in [5.41, 5.74) is 0.940. The first kappa shape index (κ1) is 13.8. The van der Waals surface area contributed by atoms with Gasteiger partial charge in [0, 0.05) is 11.6 Å². The maximum absolute atomic E-state index is 11.4. The topological polar surface area (TPSA) is 38.3 Å². The SMILES string of the molecule is CCCCNC(=O)COc1ccc(Cl)c(C)c1. The molecule has 3 nitrogen and oxygen atoms in total. The molecule has 0 aromatic heterocycles. The summed E-state index contributed by atoms with van der Waals surface area (Å²) < 4.78 is 5.36. The zero-order chi connectivity index (χ0) is 12.7. The number of ether oxygens (including phenoxy) is 1. The fourth-order valence-corrected chi connectivity index (χ4v) is 1.43. The van der Waals surface area contributed by atoms with Crippen molar-refractivity contribution >= 4 is 17.5 Å². The quantitative estimate of drug-likeness (QED) is 0.794. The second kappa shape index (κ2) is 7.17. The Balaban J connectivity index is 2.34. The molecule has 1 rings (SSSR count). The number of carbonyl (C=O) groups excluding carboxylic acids is 1. The van der Waals surface area contributed by atoms with Crippen molar-refractivity contribution in [1.82, 2.24) is 5.32 Å². The summed E-state index contributed by atoms with van der Waals surface area (Å²) in [6.45, 7) is 4.73. The van der Waals surface area contributed by atoms with Crippen LogP contribution in [0.5, 0.6) is 5.75 Å². The fraction of sp³-hybridized carbons (Fsp3) is 0.462. The molecule has 0 saturated heterocycles. The Hall–Kier alpha value is -1.22. The summed E-state index contributed by atoms with van der Waals surface area (Å²) in [5, 5.41) is 3.49. The molecule has 0 bridgehead atoms. The van der Waals surface area contributed by atoms with Gasteiger partial charge in [0.15, 0.2) is 6.61 Å². The van der Waals surface area contributed by atoms with E-state index in [9.17, 15) is 4.79 Å². The van der Waals surface area contributed by atoms with Crippen LogP contribution in [0.2, 0.25) is 5.02 Å². The highest BCUT2D eigenvalue weighted by atomic mass is 35.5. The second-order valence-electron chi connectivity index (χ2n) is 3.90. The van der Waals surface area contributed by atoms with E-state index in [-0.39, 0.29) is 12.5 Å². The molecule has 1 N–H and O–H groups in total. The average molecular weight is 256 g/mol. The first-order valence-electron chi connectivity index (χ1n) is 5.79. The van der Waals surface area contributed by atoms with Gasteiger partial charge in [-0.05, 0) is 37.1 Å². The van der Waals surface area contributed by atoms with Crippen molar-refractivity contribution in [3.63, 3.8) is 0 Å². The van der Waals surface area contributed by atoms with E-state index in [4.69, 9.17) is 16.3 Å². The minimum atomic E-state index is -0.0916. The number of hydrogen-bond donors (Lipinski definition) is 1. The van der Waals surface area contributed by atoms with E-state index < -0.39 is 0 Å². The summed E-state index contributed by atoms with van der Waals surface area (Å²) in [5.74, 6) is 0.573. The molecule has 0 saturated carbocycles. The largest absolute Gasteiger partial charge is 0.484 e. The number of carbonyl (C=O) groups is 1. The highest BCUT2D eigenvalue weighted by molar-refractivity contribution is 6.31. The van der Waals surface area contributed by atoms with Gasteiger partial charge < -0.3 is 10.1 Å². The van der Waals surface area contributed by atoms with Crippen LogP contribution in [0.3, 0.4) is 0 Å². The van der Waals surface area contributed by atoms with Crippen LogP contribution in [0.4, 0.5) is 0 Å². The summed E-state index contributed by atoms with van der Waals surface area (Å²) in [4.78, 5) is 11.4. The zero-order valence-electron chi connectivity index (χ0n) is 10.3. The molecule has 0 aliphatic rings. The van der Waals surface area contributed by atoms with E-state index in [1.165, 1.54) is 0 Å². The van der Waals surface area contributed by atoms with Crippen LogP contribution in [0.25, 0.3) is 0 Å². The Morgan fingerprint density at radius 1 is 1.47 bits per heavy atom. The fourth-order valence-electron chi connectivity index (χ4n) is 1.31. The highest BCUT2D eigenvalue weighted by Crippen LogP contribution is 2.20. The van der Waals surface area contributed by atoms with Crippen LogP contribution in [0.15, 0.2) is 18.2 Å². The van der Waals surface area contributed by atoms with Crippen molar-refractivity contribution < 1.29 is 9.53 Å². The highest BCUT2D eigenvalue weighted by Gasteiger charge is 2.03. The van der Waals surface area contributed by atoms with E-state index in [0.717, 1.165) is 18.4 Å². The molecule has 94 valence electrons. The van der Waals surface area contributed by atoms with Gasteiger partial charge in [0.1, 0.15) is 5.75 Å². The minimum absolute atomic E-state index is 0.0464. The van der Waals surface area contributed by atoms with Crippen LogP contribution >= 0.6 is 11.6 Å². The van der Waals surface area contributed by atoms with Crippen molar-refractivity contribution in [3.8, 4) is 5.75 Å². The lowest BCUT2D eigenvalue weighted by Crippen LogP contribution is -2.29. The van der Waals surface area contributed by atoms with Crippen molar-refractivity contribution in [2.45, 2.75) is 26.7 Å². The van der Waals surface area contributed by atoms with Gasteiger partial charge >= 0.3 is 0 Å². The number of hydrogen-bond acceptors (Lipinski definition) is 2. The summed E-state index contributed by atoms with van der Waals surface area (Å²) >= 11 is 5.89. The minimum Gasteiger partial charge on any atom is -0.484 e. The van der Waals surface area contributed by atoms with E-state index in [0.29, 0.717) is 17.3 Å². The maximum atomic E-state index is 11.4. The van der Waals surface area contributed by atoms with Gasteiger partial charge in [-0.1, -0.05) is 24.9 Å². The van der Waals surface area contributed by atoms with Gasteiger partial charge in [-0.25, -0.2) is 0 Å². The number of amides is 1. The van der Waals surface area contributed by atoms with Gasteiger partial charge in [-0.3, -0.25) is 4.79 Å². The molecule has 0 atom stereocenters. The molecule has 1 amide bonds. The molecule has 0 spiro atoms. The third kappa shape index (κ3) is 5.09. The lowest BCUT2D eigenvalue weighted by molar-refractivity contribution is -0.123. The van der Waals surface area contributed by atoms with Crippen LogP contribution in [-0.2, 0) is 4.79 Å². The van der Waals surface area contributed by atoms with Gasteiger partial charge in [0.05, 0.1) is 0 Å². The number of benzene rings is 1. The Kier molecular flexibility index (Phi) is 5.84. The third-order valence-corrected chi connectivity index (χ3v) is 2.78. The second-order valence-corrected chi connectivity index (χ2v) is 4.31. The van der Waals surface area contributed by atoms with Gasteiger partial charge in [0.2, 0.25) is 0 Å². The third-order valence-electron chi connectivity index (χ3n) is 2.35. The Morgan fingerprint density at radius 3 is 2.88 bits per heavy atom. The predicted octanol–water partition coefficient (Wildman–Crippen LogP) is 2.94.